The number of carbonyl (C=O) groups is 1. The van der Waals surface area contributed by atoms with Crippen molar-refractivity contribution in [2.75, 3.05) is 24.7 Å². The molecule has 6 nitrogen and oxygen atoms in total. The number of likely N-dealkylation sites (N-methyl/N-ethyl adjacent to an activating group) is 1. The van der Waals surface area contributed by atoms with Crippen LogP contribution < -0.4 is 9.04 Å². The second-order valence-electron chi connectivity index (χ2n) is 6.83. The molecule has 0 N–H and O–H groups in total. The van der Waals surface area contributed by atoms with Crippen molar-refractivity contribution in [1.82, 2.24) is 4.90 Å². The van der Waals surface area contributed by atoms with Crippen molar-refractivity contribution >= 4 is 21.6 Å². The number of hydrogen-bond acceptors (Lipinski definition) is 4. The molecule has 0 aliphatic heterocycles. The smallest absolute Gasteiger partial charge is 0.416 e. The lowest BCUT2D eigenvalue weighted by Gasteiger charge is -2.31. The van der Waals surface area contributed by atoms with Crippen LogP contribution in [0.4, 0.5) is 18.9 Å². The van der Waals surface area contributed by atoms with Gasteiger partial charge in [-0.05, 0) is 42.8 Å². The van der Waals surface area contributed by atoms with Gasteiger partial charge < -0.3 is 9.64 Å². The first-order valence-corrected chi connectivity index (χ1v) is 10.7. The van der Waals surface area contributed by atoms with E-state index in [1.54, 1.807) is 24.3 Å². The van der Waals surface area contributed by atoms with Gasteiger partial charge >= 0.3 is 6.18 Å². The second kappa shape index (κ2) is 8.95. The number of amides is 1. The standard InChI is InChI=1S/C20H23F3N2O4S/c1-14(19(26)24(2)13-15-8-10-18(29-3)11-9-15)25(30(4,27)28)17-7-5-6-16(12-17)20(21,22)23/h5-12,14H,13H2,1-4H3. The van der Waals surface area contributed by atoms with Crippen molar-refractivity contribution in [3.8, 4) is 5.75 Å². The van der Waals surface area contributed by atoms with E-state index in [0.29, 0.717) is 16.1 Å². The number of rotatable bonds is 7. The lowest BCUT2D eigenvalue weighted by atomic mass is 10.1. The summed E-state index contributed by atoms with van der Waals surface area (Å²) in [5.41, 5.74) is -0.449. The number of nitrogens with zero attached hydrogens (tertiary/aromatic N) is 2. The van der Waals surface area contributed by atoms with E-state index in [1.165, 1.54) is 32.0 Å². The summed E-state index contributed by atoms with van der Waals surface area (Å²) < 4.78 is 69.7. The molecule has 30 heavy (non-hydrogen) atoms. The van der Waals surface area contributed by atoms with E-state index >= 15 is 0 Å². The number of carbonyl (C=O) groups excluding carboxylic acids is 1. The molecule has 10 heteroatoms. The van der Waals surface area contributed by atoms with Crippen LogP contribution in [0.3, 0.4) is 0 Å². The molecule has 1 unspecified atom stereocenters. The van der Waals surface area contributed by atoms with Crippen LogP contribution in [0.1, 0.15) is 18.1 Å². The molecule has 0 bridgehead atoms. The molecule has 1 atom stereocenters. The van der Waals surface area contributed by atoms with Crippen molar-refractivity contribution in [1.29, 1.82) is 0 Å². The minimum Gasteiger partial charge on any atom is -0.497 e. The maximum absolute atomic E-state index is 13.1. The van der Waals surface area contributed by atoms with Crippen molar-refractivity contribution in [3.63, 3.8) is 0 Å². The molecule has 0 aliphatic rings. The van der Waals surface area contributed by atoms with Crippen molar-refractivity contribution in [2.45, 2.75) is 25.7 Å². The molecule has 2 aromatic carbocycles. The van der Waals surface area contributed by atoms with E-state index in [-0.39, 0.29) is 12.2 Å². The number of sulfonamides is 1. The average molecular weight is 444 g/mol. The van der Waals surface area contributed by atoms with E-state index in [0.717, 1.165) is 24.0 Å². The number of anilines is 1. The molecule has 0 spiro atoms. The van der Waals surface area contributed by atoms with Gasteiger partial charge in [-0.25, -0.2) is 8.42 Å². The van der Waals surface area contributed by atoms with Crippen molar-refractivity contribution in [3.05, 3.63) is 59.7 Å². The van der Waals surface area contributed by atoms with Crippen LogP contribution in [-0.4, -0.2) is 45.7 Å². The van der Waals surface area contributed by atoms with E-state index < -0.39 is 33.7 Å². The highest BCUT2D eigenvalue weighted by Gasteiger charge is 2.34. The zero-order valence-electron chi connectivity index (χ0n) is 17.0. The lowest BCUT2D eigenvalue weighted by molar-refractivity contribution is -0.137. The second-order valence-corrected chi connectivity index (χ2v) is 8.68. The van der Waals surface area contributed by atoms with Crippen LogP contribution in [0.2, 0.25) is 0 Å². The molecular weight excluding hydrogens is 421 g/mol. The normalized spacial score (nSPS) is 12.9. The van der Waals surface area contributed by atoms with Crippen LogP contribution >= 0.6 is 0 Å². The Hall–Kier alpha value is -2.75. The first kappa shape index (κ1) is 23.5. The molecule has 0 fully saturated rings. The first-order valence-electron chi connectivity index (χ1n) is 8.89. The molecule has 0 aromatic heterocycles. The van der Waals surface area contributed by atoms with Gasteiger partial charge in [-0.1, -0.05) is 18.2 Å². The number of ether oxygens (including phenoxy) is 1. The topological polar surface area (TPSA) is 66.9 Å². The van der Waals surface area contributed by atoms with Gasteiger partial charge in [0.1, 0.15) is 11.8 Å². The molecule has 164 valence electrons. The Morgan fingerprint density at radius 1 is 1.13 bits per heavy atom. The van der Waals surface area contributed by atoms with Gasteiger partial charge in [0, 0.05) is 13.6 Å². The number of halogens is 3. The van der Waals surface area contributed by atoms with E-state index in [1.807, 2.05) is 0 Å². The summed E-state index contributed by atoms with van der Waals surface area (Å²) in [5, 5.41) is 0. The Bertz CT molecular complexity index is 992. The van der Waals surface area contributed by atoms with Gasteiger partial charge in [0.2, 0.25) is 15.9 Å². The Kier molecular flexibility index (Phi) is 7.02. The lowest BCUT2D eigenvalue weighted by Crippen LogP contribution is -2.48. The monoisotopic (exact) mass is 444 g/mol. The van der Waals surface area contributed by atoms with Crippen LogP contribution in [0.5, 0.6) is 5.75 Å². The highest BCUT2D eigenvalue weighted by Crippen LogP contribution is 2.33. The van der Waals surface area contributed by atoms with E-state index in [4.69, 9.17) is 4.74 Å². The minimum absolute atomic E-state index is 0.188. The van der Waals surface area contributed by atoms with Gasteiger partial charge in [0.15, 0.2) is 0 Å². The maximum atomic E-state index is 13.1. The van der Waals surface area contributed by atoms with Gasteiger partial charge in [0.05, 0.1) is 24.6 Å². The molecular formula is C20H23F3N2O4S. The Balaban J connectivity index is 2.30. The fraction of sp³-hybridized carbons (Fsp3) is 0.350. The summed E-state index contributed by atoms with van der Waals surface area (Å²) >= 11 is 0. The summed E-state index contributed by atoms with van der Waals surface area (Å²) in [7, 11) is -1.01. The van der Waals surface area contributed by atoms with Crippen LogP contribution in [0.15, 0.2) is 48.5 Å². The third-order valence-corrected chi connectivity index (χ3v) is 5.69. The van der Waals surface area contributed by atoms with E-state index in [2.05, 4.69) is 0 Å². The predicted octanol–water partition coefficient (Wildman–Crippen LogP) is 3.53. The third kappa shape index (κ3) is 5.65. The molecule has 0 radical (unpaired) electrons. The number of methoxy groups -OCH3 is 1. The fourth-order valence-corrected chi connectivity index (χ4v) is 4.18. The molecule has 2 rings (SSSR count). The van der Waals surface area contributed by atoms with Crippen molar-refractivity contribution < 1.29 is 31.1 Å². The quantitative estimate of drug-likeness (QED) is 0.655. The minimum atomic E-state index is -4.64. The molecule has 0 aliphatic carbocycles. The Labute approximate surface area is 173 Å². The van der Waals surface area contributed by atoms with Crippen LogP contribution in [0, 0.1) is 0 Å². The molecule has 0 heterocycles. The SMILES string of the molecule is COc1ccc(CN(C)C(=O)C(C)N(c2cccc(C(F)(F)F)c2)S(C)(=O)=O)cc1. The van der Waals surface area contributed by atoms with Crippen LogP contribution in [-0.2, 0) is 27.5 Å². The van der Waals surface area contributed by atoms with E-state index in [9.17, 15) is 26.4 Å². The number of hydrogen-bond donors (Lipinski definition) is 0. The average Bonchev–Trinajstić information content (AvgIpc) is 2.66. The molecule has 0 saturated carbocycles. The molecule has 1 amide bonds. The number of benzene rings is 2. The highest BCUT2D eigenvalue weighted by molar-refractivity contribution is 7.92. The zero-order valence-corrected chi connectivity index (χ0v) is 17.8. The Morgan fingerprint density at radius 3 is 2.23 bits per heavy atom. The maximum Gasteiger partial charge on any atom is 0.416 e. The first-order chi connectivity index (χ1) is 13.8. The van der Waals surface area contributed by atoms with Gasteiger partial charge in [-0.15, -0.1) is 0 Å². The summed E-state index contributed by atoms with van der Waals surface area (Å²) in [6.07, 6.45) is -3.79. The predicted molar refractivity (Wildman–Crippen MR) is 108 cm³/mol. The van der Waals surface area contributed by atoms with Crippen LogP contribution in [0.25, 0.3) is 0 Å². The Morgan fingerprint density at radius 2 is 1.73 bits per heavy atom. The summed E-state index contributed by atoms with van der Waals surface area (Å²) in [4.78, 5) is 14.2. The number of alkyl halides is 3. The highest BCUT2D eigenvalue weighted by atomic mass is 32.2. The molecule has 0 saturated heterocycles. The van der Waals surface area contributed by atoms with Gasteiger partial charge in [-0.3, -0.25) is 9.10 Å². The summed E-state index contributed by atoms with van der Waals surface area (Å²) in [5.74, 6) is 0.0857. The third-order valence-electron chi connectivity index (χ3n) is 4.45. The van der Waals surface area contributed by atoms with Crippen molar-refractivity contribution in [2.24, 2.45) is 0 Å². The summed E-state index contributed by atoms with van der Waals surface area (Å²) in [6, 6.07) is 9.61. The van der Waals surface area contributed by atoms with Gasteiger partial charge in [0.25, 0.3) is 0 Å². The zero-order chi connectivity index (χ0) is 22.7. The summed E-state index contributed by atoms with van der Waals surface area (Å²) in [6.45, 7) is 1.53. The van der Waals surface area contributed by atoms with Gasteiger partial charge in [-0.2, -0.15) is 13.2 Å². The fourth-order valence-electron chi connectivity index (χ4n) is 3.02. The molecule has 2 aromatic rings. The largest absolute Gasteiger partial charge is 0.497 e.